The maximum atomic E-state index is 4.89. The average molecular weight is 308 g/mol. The second-order valence-corrected chi connectivity index (χ2v) is 6.56. The number of hydrogen-bond donors (Lipinski definition) is 0. The van der Waals surface area contributed by atoms with E-state index >= 15 is 0 Å². The van der Waals surface area contributed by atoms with Gasteiger partial charge in [-0.05, 0) is 42.9 Å². The second kappa shape index (κ2) is 13.0. The van der Waals surface area contributed by atoms with Crippen LogP contribution in [0.4, 0.5) is 0 Å². The molecule has 0 unspecified atom stereocenters. The third-order valence-electron chi connectivity index (χ3n) is 2.52. The molecule has 1 rings (SSSR count). The van der Waals surface area contributed by atoms with Crippen LogP contribution in [0.15, 0.2) is 18.2 Å². The minimum absolute atomic E-state index is 0.556. The predicted octanol–water partition coefficient (Wildman–Crippen LogP) is 5.55. The van der Waals surface area contributed by atoms with Crippen molar-refractivity contribution in [3.8, 4) is 0 Å². The molecule has 0 atom stereocenters. The third kappa shape index (κ3) is 10.1. The van der Waals surface area contributed by atoms with E-state index in [4.69, 9.17) is 18.6 Å². The van der Waals surface area contributed by atoms with Crippen LogP contribution in [0.3, 0.4) is 0 Å². The summed E-state index contributed by atoms with van der Waals surface area (Å²) in [6.07, 6.45) is 7.49. The van der Waals surface area contributed by atoms with Gasteiger partial charge in [0.15, 0.2) is 0 Å². The van der Waals surface area contributed by atoms with Crippen molar-refractivity contribution in [1.29, 1.82) is 0 Å². The predicted molar refractivity (Wildman–Crippen MR) is 74.2 cm³/mol. The van der Waals surface area contributed by atoms with Crippen LogP contribution in [-0.4, -0.2) is 0 Å². The summed E-state index contributed by atoms with van der Waals surface area (Å²) >= 11 is -0.556. The number of unbranched alkanes of at least 4 members (excludes halogenated alkanes) is 2. The summed E-state index contributed by atoms with van der Waals surface area (Å²) in [5, 5.41) is 0. The summed E-state index contributed by atoms with van der Waals surface area (Å²) in [6, 6.07) is 10.1. The van der Waals surface area contributed by atoms with E-state index in [9.17, 15) is 0 Å². The van der Waals surface area contributed by atoms with Crippen molar-refractivity contribution >= 4 is 18.6 Å². The summed E-state index contributed by atoms with van der Waals surface area (Å²) in [7, 11) is 9.78. The standard InChI is InChI=1S/C14H21.2ClH.Ti/c1-3-5-8-13-10-7-11-14(12-13)9-6-4-2;;;/h7,10-11H,3-6,8-9H2,1-2H3;2*1H;/q;;;+2/p-2. The van der Waals surface area contributed by atoms with Crippen molar-refractivity contribution in [1.82, 2.24) is 0 Å². The van der Waals surface area contributed by atoms with Gasteiger partial charge in [-0.1, -0.05) is 44.9 Å². The molecule has 0 nitrogen and oxygen atoms in total. The van der Waals surface area contributed by atoms with E-state index in [0.29, 0.717) is 0 Å². The number of aryl methyl sites for hydroxylation is 2. The zero-order chi connectivity index (χ0) is 12.9. The number of hydrogen-bond acceptors (Lipinski definition) is 0. The van der Waals surface area contributed by atoms with Gasteiger partial charge >= 0.3 is 35.6 Å². The molecule has 1 radical (unpaired) electrons. The molecule has 0 saturated heterocycles. The van der Waals surface area contributed by atoms with Crippen LogP contribution in [0.5, 0.6) is 0 Å². The molecule has 0 aromatic heterocycles. The van der Waals surface area contributed by atoms with Gasteiger partial charge in [0.05, 0.1) is 0 Å². The molecule has 3 heteroatoms. The van der Waals surface area contributed by atoms with Crippen molar-refractivity contribution in [3.63, 3.8) is 0 Å². The van der Waals surface area contributed by atoms with Crippen LogP contribution in [-0.2, 0) is 29.9 Å². The quantitative estimate of drug-likeness (QED) is 0.605. The van der Waals surface area contributed by atoms with Gasteiger partial charge in [-0.2, -0.15) is 0 Å². The zero-order valence-corrected chi connectivity index (χ0v) is 13.8. The van der Waals surface area contributed by atoms with E-state index in [-0.39, 0.29) is 0 Å². The molecule has 1 aromatic rings. The van der Waals surface area contributed by atoms with Crippen molar-refractivity contribution in [2.75, 3.05) is 0 Å². The zero-order valence-electron chi connectivity index (χ0n) is 10.7. The molecule has 1 aromatic carbocycles. The van der Waals surface area contributed by atoms with E-state index in [1.807, 2.05) is 0 Å². The van der Waals surface area contributed by atoms with Gasteiger partial charge in [0.2, 0.25) is 0 Å². The van der Waals surface area contributed by atoms with Gasteiger partial charge < -0.3 is 0 Å². The monoisotopic (exact) mass is 307 g/mol. The van der Waals surface area contributed by atoms with E-state index in [1.165, 1.54) is 49.7 Å². The third-order valence-corrected chi connectivity index (χ3v) is 2.52. The SMILES string of the molecule is CCCCc1[c]c(CCCC)ccc1.[Cl][Ti][Cl]. The van der Waals surface area contributed by atoms with Crippen LogP contribution >= 0.6 is 18.6 Å². The van der Waals surface area contributed by atoms with Gasteiger partial charge in [0.1, 0.15) is 0 Å². The van der Waals surface area contributed by atoms with E-state index < -0.39 is 17.0 Å². The van der Waals surface area contributed by atoms with Crippen molar-refractivity contribution in [3.05, 3.63) is 35.4 Å². The Morgan fingerprint density at radius 2 is 1.41 bits per heavy atom. The molecule has 0 bridgehead atoms. The minimum atomic E-state index is -0.556. The van der Waals surface area contributed by atoms with Gasteiger partial charge in [0.25, 0.3) is 0 Å². The summed E-state index contributed by atoms with van der Waals surface area (Å²) < 4.78 is 0. The summed E-state index contributed by atoms with van der Waals surface area (Å²) in [5.41, 5.74) is 2.78. The molecule has 0 aliphatic carbocycles. The fourth-order valence-corrected chi connectivity index (χ4v) is 1.60. The summed E-state index contributed by atoms with van der Waals surface area (Å²) in [6.45, 7) is 4.47. The first-order chi connectivity index (χ1) is 8.28. The molecule has 95 valence electrons. The molecule has 0 aliphatic rings. The molecular weight excluding hydrogens is 287 g/mol. The van der Waals surface area contributed by atoms with Crippen LogP contribution < -0.4 is 0 Å². The molecule has 0 N–H and O–H groups in total. The first kappa shape index (κ1) is 17.5. The maximum absolute atomic E-state index is 4.89. The molecule has 0 amide bonds. The van der Waals surface area contributed by atoms with Crippen LogP contribution in [0.25, 0.3) is 0 Å². The molecule has 0 fully saturated rings. The van der Waals surface area contributed by atoms with Gasteiger partial charge in [-0.3, -0.25) is 0 Å². The first-order valence-electron chi connectivity index (χ1n) is 6.24. The Balaban J connectivity index is 0.000000770. The van der Waals surface area contributed by atoms with Crippen molar-refractivity contribution < 1.29 is 17.0 Å². The van der Waals surface area contributed by atoms with Gasteiger partial charge in [-0.25, -0.2) is 0 Å². The van der Waals surface area contributed by atoms with E-state index in [1.54, 1.807) is 0 Å². The van der Waals surface area contributed by atoms with Gasteiger partial charge in [-0.15, -0.1) is 0 Å². The Hall–Kier alpha value is 0.514. The number of rotatable bonds is 6. The van der Waals surface area contributed by atoms with Crippen molar-refractivity contribution in [2.24, 2.45) is 0 Å². The van der Waals surface area contributed by atoms with Crippen LogP contribution in [0, 0.1) is 6.07 Å². The van der Waals surface area contributed by atoms with Crippen LogP contribution in [0.1, 0.15) is 50.7 Å². The average Bonchev–Trinajstić information content (AvgIpc) is 2.35. The molecule has 0 saturated carbocycles. The van der Waals surface area contributed by atoms with Gasteiger partial charge in [0, 0.05) is 0 Å². The first-order valence-corrected chi connectivity index (χ1v) is 10.5. The Labute approximate surface area is 123 Å². The molecule has 0 heterocycles. The van der Waals surface area contributed by atoms with E-state index in [2.05, 4.69) is 38.1 Å². The van der Waals surface area contributed by atoms with Crippen molar-refractivity contribution in [2.45, 2.75) is 52.4 Å². The fraction of sp³-hybridized carbons (Fsp3) is 0.571. The normalized spacial score (nSPS) is 9.41. The summed E-state index contributed by atoms with van der Waals surface area (Å²) in [5.74, 6) is 0. The number of benzene rings is 1. The van der Waals surface area contributed by atoms with Crippen LogP contribution in [0.2, 0.25) is 0 Å². The Kier molecular flexibility index (Phi) is 13.4. The fourth-order valence-electron chi connectivity index (χ4n) is 1.60. The molecule has 0 spiro atoms. The summed E-state index contributed by atoms with van der Waals surface area (Å²) in [4.78, 5) is 0. The Bertz CT molecular complexity index is 253. The Morgan fingerprint density at radius 3 is 1.76 bits per heavy atom. The number of halogens is 2. The topological polar surface area (TPSA) is 0 Å². The molecule has 0 aliphatic heterocycles. The van der Waals surface area contributed by atoms with E-state index in [0.717, 1.165) is 0 Å². The second-order valence-electron chi connectivity index (χ2n) is 3.98. The Morgan fingerprint density at radius 1 is 1.00 bits per heavy atom. The molecular formula is C14H21Cl2Ti. The molecule has 17 heavy (non-hydrogen) atoms.